The van der Waals surface area contributed by atoms with Gasteiger partial charge in [0.25, 0.3) is 0 Å². The molecule has 1 aliphatic carbocycles. The summed E-state index contributed by atoms with van der Waals surface area (Å²) < 4.78 is 0. The molecule has 3 aliphatic heterocycles. The van der Waals surface area contributed by atoms with Crippen LogP contribution in [-0.2, 0) is 31.2 Å². The average Bonchev–Trinajstić information content (AvgIpc) is 3.36. The van der Waals surface area contributed by atoms with Gasteiger partial charge in [0.2, 0.25) is 11.6 Å². The van der Waals surface area contributed by atoms with Crippen LogP contribution in [0.3, 0.4) is 0 Å². The molecule has 1 N–H and O–H groups in total. The van der Waals surface area contributed by atoms with Crippen LogP contribution in [-0.4, -0.2) is 76.4 Å². The molecule has 3 saturated heterocycles. The van der Waals surface area contributed by atoms with Crippen LogP contribution in [0, 0.1) is 0 Å². The summed E-state index contributed by atoms with van der Waals surface area (Å²) in [6.07, 6.45) is 2.69. The Morgan fingerprint density at radius 3 is 1.80 bits per heavy atom. The monoisotopic (exact) mass is 390 g/mol. The Balaban J connectivity index is 0.000000246. The van der Waals surface area contributed by atoms with E-state index in [0.717, 1.165) is 39.3 Å². The molecular formula is C17H21CoN3O4. The summed E-state index contributed by atoms with van der Waals surface area (Å²) in [6, 6.07) is 0. The molecule has 0 unspecified atom stereocenters. The van der Waals surface area contributed by atoms with Gasteiger partial charge in [0.15, 0.2) is 5.78 Å². The van der Waals surface area contributed by atoms with E-state index in [1.807, 2.05) is 14.7 Å². The van der Waals surface area contributed by atoms with Crippen LogP contribution in [0.15, 0.2) is 35.0 Å². The first kappa shape index (κ1) is 19.3. The Labute approximate surface area is 156 Å². The second-order valence-electron chi connectivity index (χ2n) is 6.28. The number of allylic oxidation sites excluding steroid dienone is 3. The molecule has 3 heterocycles. The molecule has 4 aliphatic rings. The van der Waals surface area contributed by atoms with Gasteiger partial charge in [-0.3, -0.25) is 14.4 Å². The van der Waals surface area contributed by atoms with Crippen molar-refractivity contribution in [1.82, 2.24) is 14.7 Å². The molecule has 7 nitrogen and oxygen atoms in total. The predicted octanol–water partition coefficient (Wildman–Crippen LogP) is 0.215. The number of carbonyl (C=O) groups excluding carboxylic acids is 3. The van der Waals surface area contributed by atoms with Crippen molar-refractivity contribution in [3.05, 3.63) is 35.0 Å². The fraction of sp³-hybridized carbons (Fsp3) is 0.471. The molecule has 25 heavy (non-hydrogen) atoms. The van der Waals surface area contributed by atoms with Crippen molar-refractivity contribution in [2.75, 3.05) is 39.3 Å². The third-order valence-electron chi connectivity index (χ3n) is 3.90. The zero-order valence-electron chi connectivity index (χ0n) is 14.2. The van der Waals surface area contributed by atoms with Gasteiger partial charge in [0, 0.05) is 68.2 Å². The fourth-order valence-corrected chi connectivity index (χ4v) is 2.57. The van der Waals surface area contributed by atoms with E-state index in [-0.39, 0.29) is 39.9 Å². The van der Waals surface area contributed by atoms with Crippen LogP contribution in [0.1, 0.15) is 13.8 Å². The number of carbonyl (C=O) groups is 3. The van der Waals surface area contributed by atoms with Crippen molar-refractivity contribution < 1.29 is 36.3 Å². The third-order valence-corrected chi connectivity index (χ3v) is 3.90. The summed E-state index contributed by atoms with van der Waals surface area (Å²) >= 11 is 0. The van der Waals surface area contributed by atoms with Gasteiger partial charge in [0.05, 0.1) is 11.5 Å². The van der Waals surface area contributed by atoms with Gasteiger partial charge in [-0.05, 0) is 13.8 Å². The molecule has 0 bridgehead atoms. The smallest absolute Gasteiger partial charge is 0.227 e. The van der Waals surface area contributed by atoms with Gasteiger partial charge in [0.1, 0.15) is 11.4 Å². The second kappa shape index (κ2) is 7.45. The summed E-state index contributed by atoms with van der Waals surface area (Å²) in [4.78, 5) is 40.5. The van der Waals surface area contributed by atoms with Crippen molar-refractivity contribution in [3.63, 3.8) is 0 Å². The van der Waals surface area contributed by atoms with Gasteiger partial charge >= 0.3 is 0 Å². The maximum Gasteiger partial charge on any atom is 0.227 e. The van der Waals surface area contributed by atoms with Crippen LogP contribution in [0.4, 0.5) is 0 Å². The molecule has 8 heteroatoms. The molecule has 4 rings (SSSR count). The van der Waals surface area contributed by atoms with Gasteiger partial charge in [-0.1, -0.05) is 0 Å². The first-order chi connectivity index (χ1) is 11.4. The Morgan fingerprint density at radius 2 is 1.44 bits per heavy atom. The molecule has 0 aromatic carbocycles. The maximum atomic E-state index is 12.4. The van der Waals surface area contributed by atoms with Crippen molar-refractivity contribution in [1.29, 1.82) is 0 Å². The van der Waals surface area contributed by atoms with Gasteiger partial charge in [-0.25, -0.2) is 0 Å². The van der Waals surface area contributed by atoms with Gasteiger partial charge < -0.3 is 19.8 Å². The quantitative estimate of drug-likeness (QED) is 0.318. The van der Waals surface area contributed by atoms with Crippen LogP contribution in [0.25, 0.3) is 0 Å². The minimum Gasteiger partial charge on any atom is -0.512 e. The van der Waals surface area contributed by atoms with Crippen LogP contribution >= 0.6 is 0 Å². The van der Waals surface area contributed by atoms with E-state index in [1.54, 1.807) is 0 Å². The number of aliphatic hydroxyl groups excluding tert-OH is 1. The van der Waals surface area contributed by atoms with E-state index in [4.69, 9.17) is 5.11 Å². The number of ketones is 3. The minimum atomic E-state index is -0.125. The standard InChI is InChI=1S/C12H13N3O2.C5H8O2.Co/c16-9-7-8(13-1-2-13)12(17)11(15-5-6-15)10(9)14-3-4-14;1-4(6)3-5(2)7;/h7H,1-6H2;3,6H,1-2H3;/b;4-3-;. The molecule has 0 atom stereocenters. The van der Waals surface area contributed by atoms with Crippen molar-refractivity contribution >= 4 is 17.3 Å². The maximum absolute atomic E-state index is 12.4. The number of hydrogen-bond donors (Lipinski definition) is 1. The van der Waals surface area contributed by atoms with Crippen LogP contribution in [0.5, 0.6) is 0 Å². The largest absolute Gasteiger partial charge is 0.512 e. The number of rotatable bonds is 4. The first-order valence-corrected chi connectivity index (χ1v) is 8.06. The summed E-state index contributed by atoms with van der Waals surface area (Å²) in [5, 5.41) is 8.36. The zero-order valence-corrected chi connectivity index (χ0v) is 15.3. The Morgan fingerprint density at radius 1 is 0.960 bits per heavy atom. The van der Waals surface area contributed by atoms with Crippen LogP contribution in [0.2, 0.25) is 0 Å². The number of Topliss-reactive ketones (excluding diaryl/α,β-unsaturated/α-hetero) is 1. The summed E-state index contributed by atoms with van der Waals surface area (Å²) in [5.41, 5.74) is 1.89. The summed E-state index contributed by atoms with van der Waals surface area (Å²) in [6.45, 7) is 8.25. The Bertz CT molecular complexity index is 695. The number of aliphatic hydroxyl groups is 1. The Hall–Kier alpha value is -2.06. The predicted molar refractivity (Wildman–Crippen MR) is 86.9 cm³/mol. The molecule has 0 spiro atoms. The second-order valence-corrected chi connectivity index (χ2v) is 6.28. The van der Waals surface area contributed by atoms with E-state index >= 15 is 0 Å². The number of hydrogen-bond acceptors (Lipinski definition) is 7. The Kier molecular flexibility index (Phi) is 5.74. The van der Waals surface area contributed by atoms with Crippen molar-refractivity contribution in [3.8, 4) is 0 Å². The van der Waals surface area contributed by atoms with Crippen molar-refractivity contribution in [2.24, 2.45) is 0 Å². The van der Waals surface area contributed by atoms with Gasteiger partial charge in [-0.2, -0.15) is 0 Å². The van der Waals surface area contributed by atoms with E-state index in [2.05, 4.69) is 0 Å². The van der Waals surface area contributed by atoms with E-state index in [0.29, 0.717) is 17.1 Å². The fourth-order valence-electron chi connectivity index (χ4n) is 2.57. The third kappa shape index (κ3) is 4.73. The molecule has 1 radical (unpaired) electrons. The molecule has 0 aromatic rings. The number of nitrogens with zero attached hydrogens (tertiary/aromatic N) is 3. The topological polar surface area (TPSA) is 80.5 Å². The van der Waals surface area contributed by atoms with E-state index in [9.17, 15) is 14.4 Å². The normalized spacial score (nSPS) is 21.3. The molecule has 3 fully saturated rings. The van der Waals surface area contributed by atoms with Crippen molar-refractivity contribution in [2.45, 2.75) is 13.8 Å². The first-order valence-electron chi connectivity index (χ1n) is 8.06. The van der Waals surface area contributed by atoms with E-state index < -0.39 is 0 Å². The molecule has 0 amide bonds. The molecule has 0 saturated carbocycles. The zero-order chi connectivity index (χ0) is 17.4. The molecule has 137 valence electrons. The molecular weight excluding hydrogens is 369 g/mol. The summed E-state index contributed by atoms with van der Waals surface area (Å²) in [5.74, 6) is -0.0140. The summed E-state index contributed by atoms with van der Waals surface area (Å²) in [7, 11) is 0. The SMILES string of the molecule is CC(=O)/C=C(/C)O.O=C1C=C(N2CC2)C(=O)C(N2CC2)=C1N1CC1.[Co]. The minimum absolute atomic E-state index is 0. The van der Waals surface area contributed by atoms with Crippen LogP contribution < -0.4 is 0 Å². The van der Waals surface area contributed by atoms with Gasteiger partial charge in [-0.15, -0.1) is 0 Å². The van der Waals surface area contributed by atoms with E-state index in [1.165, 1.54) is 26.0 Å². The molecule has 0 aromatic heterocycles. The average molecular weight is 390 g/mol.